The highest BCUT2D eigenvalue weighted by Gasteiger charge is 2.60. The number of amides is 2. The van der Waals surface area contributed by atoms with Gasteiger partial charge in [-0.1, -0.05) is 83.9 Å². The summed E-state index contributed by atoms with van der Waals surface area (Å²) in [6.07, 6.45) is -0.953. The minimum Gasteiger partial charge on any atom is -0.273 e. The van der Waals surface area contributed by atoms with Gasteiger partial charge in [-0.25, -0.2) is 9.96 Å². The summed E-state index contributed by atoms with van der Waals surface area (Å²) in [4.78, 5) is 34.7. The van der Waals surface area contributed by atoms with Gasteiger partial charge in [-0.05, 0) is 46.7 Å². The molecule has 2 fully saturated rings. The van der Waals surface area contributed by atoms with Crippen LogP contribution < -0.4 is 9.96 Å². The zero-order valence-corrected chi connectivity index (χ0v) is 19.3. The van der Waals surface area contributed by atoms with E-state index in [1.165, 1.54) is 6.07 Å². The Bertz CT molecular complexity index is 1440. The van der Waals surface area contributed by atoms with Crippen molar-refractivity contribution >= 4 is 57.2 Å². The van der Waals surface area contributed by atoms with Gasteiger partial charge in [0, 0.05) is 0 Å². The normalized spacial score (nSPS) is 22.0. The Morgan fingerprint density at radius 3 is 2.24 bits per heavy atom. The van der Waals surface area contributed by atoms with E-state index < -0.39 is 24.0 Å². The maximum absolute atomic E-state index is 13.8. The van der Waals surface area contributed by atoms with Crippen LogP contribution in [0, 0.1) is 5.92 Å². The number of benzene rings is 4. The van der Waals surface area contributed by atoms with Crippen molar-refractivity contribution in [3.63, 3.8) is 0 Å². The van der Waals surface area contributed by atoms with Crippen LogP contribution in [0.2, 0.25) is 10.0 Å². The van der Waals surface area contributed by atoms with Gasteiger partial charge < -0.3 is 0 Å². The van der Waals surface area contributed by atoms with E-state index in [4.69, 9.17) is 28.0 Å². The first-order valence-corrected chi connectivity index (χ1v) is 11.6. The number of carbonyl (C=O) groups excluding carboxylic acids is 2. The number of fused-ring (bicyclic) bond motifs is 2. The molecule has 4 aromatic carbocycles. The molecule has 2 amide bonds. The SMILES string of the molecule is O=C1[C@@H]2[C@@H](ON(c3ccccc3)[C@H]2c2cccc3ccccc23)C(=O)N1c1ccc(Cl)c(Cl)c1. The predicted molar refractivity (Wildman–Crippen MR) is 133 cm³/mol. The van der Waals surface area contributed by atoms with E-state index >= 15 is 0 Å². The highest BCUT2D eigenvalue weighted by Crippen LogP contribution is 2.49. The topological polar surface area (TPSA) is 49.9 Å². The molecule has 0 aliphatic carbocycles. The first-order chi connectivity index (χ1) is 16.5. The van der Waals surface area contributed by atoms with Crippen molar-refractivity contribution in [3.8, 4) is 0 Å². The van der Waals surface area contributed by atoms with Gasteiger partial charge in [0.05, 0.1) is 27.5 Å². The molecule has 4 aromatic rings. The lowest BCUT2D eigenvalue weighted by atomic mass is 9.87. The summed E-state index contributed by atoms with van der Waals surface area (Å²) in [5.41, 5.74) is 2.08. The van der Waals surface area contributed by atoms with Crippen molar-refractivity contribution < 1.29 is 14.4 Å². The minimum atomic E-state index is -0.953. The summed E-state index contributed by atoms with van der Waals surface area (Å²) < 4.78 is 0. The Morgan fingerprint density at radius 2 is 1.44 bits per heavy atom. The van der Waals surface area contributed by atoms with Crippen LogP contribution in [0.25, 0.3) is 10.8 Å². The van der Waals surface area contributed by atoms with Gasteiger partial charge >= 0.3 is 0 Å². The Balaban J connectivity index is 1.50. The van der Waals surface area contributed by atoms with Crippen LogP contribution in [0.1, 0.15) is 11.6 Å². The molecule has 0 N–H and O–H groups in total. The maximum atomic E-state index is 13.8. The molecule has 0 bridgehead atoms. The van der Waals surface area contributed by atoms with E-state index in [2.05, 4.69) is 0 Å². The molecule has 168 valence electrons. The third kappa shape index (κ3) is 3.20. The van der Waals surface area contributed by atoms with Gasteiger partial charge in [0.1, 0.15) is 5.92 Å². The minimum absolute atomic E-state index is 0.272. The molecule has 0 aromatic heterocycles. The van der Waals surface area contributed by atoms with E-state index in [9.17, 15) is 9.59 Å². The van der Waals surface area contributed by atoms with E-state index in [0.717, 1.165) is 26.9 Å². The molecule has 2 aliphatic rings. The lowest BCUT2D eigenvalue weighted by molar-refractivity contribution is -0.126. The summed E-state index contributed by atoms with van der Waals surface area (Å²) in [5, 5.41) is 4.39. The summed E-state index contributed by atoms with van der Waals surface area (Å²) in [5.74, 6) is -1.48. The van der Waals surface area contributed by atoms with Crippen molar-refractivity contribution in [2.75, 3.05) is 9.96 Å². The number of rotatable bonds is 3. The fraction of sp³-hybridized carbons (Fsp3) is 0.111. The Morgan fingerprint density at radius 1 is 0.706 bits per heavy atom. The third-order valence-corrected chi connectivity index (χ3v) is 7.17. The Labute approximate surface area is 206 Å². The van der Waals surface area contributed by atoms with Gasteiger partial charge in [-0.15, -0.1) is 0 Å². The molecular weight excluding hydrogens is 471 g/mol. The van der Waals surface area contributed by atoms with Crippen molar-refractivity contribution in [1.82, 2.24) is 0 Å². The number of hydroxylamine groups is 1. The van der Waals surface area contributed by atoms with Gasteiger partial charge in [0.2, 0.25) is 5.91 Å². The van der Waals surface area contributed by atoms with Crippen molar-refractivity contribution in [1.29, 1.82) is 0 Å². The molecule has 7 heteroatoms. The van der Waals surface area contributed by atoms with Crippen LogP contribution in [0.5, 0.6) is 0 Å². The number of halogens is 2. The fourth-order valence-corrected chi connectivity index (χ4v) is 5.21. The first kappa shape index (κ1) is 21.2. The molecule has 0 spiro atoms. The average molecular weight is 489 g/mol. The molecule has 2 saturated heterocycles. The molecule has 34 heavy (non-hydrogen) atoms. The van der Waals surface area contributed by atoms with Crippen molar-refractivity contribution in [2.24, 2.45) is 5.92 Å². The molecule has 3 atom stereocenters. The van der Waals surface area contributed by atoms with E-state index in [1.807, 2.05) is 72.8 Å². The van der Waals surface area contributed by atoms with E-state index in [-0.39, 0.29) is 10.9 Å². The number of para-hydroxylation sites is 1. The molecule has 0 unspecified atom stereocenters. The van der Waals surface area contributed by atoms with Crippen LogP contribution >= 0.6 is 23.2 Å². The largest absolute Gasteiger partial charge is 0.273 e. The number of hydrogen-bond acceptors (Lipinski definition) is 4. The van der Waals surface area contributed by atoms with Crippen molar-refractivity contribution in [3.05, 3.63) is 107 Å². The van der Waals surface area contributed by atoms with E-state index in [0.29, 0.717) is 10.7 Å². The molecule has 0 radical (unpaired) electrons. The summed E-state index contributed by atoms with van der Waals surface area (Å²) >= 11 is 12.2. The average Bonchev–Trinajstić information content (AvgIpc) is 3.37. The van der Waals surface area contributed by atoms with Gasteiger partial charge in [-0.3, -0.25) is 14.4 Å². The molecule has 0 saturated carbocycles. The fourth-order valence-electron chi connectivity index (χ4n) is 4.92. The second-order valence-corrected chi connectivity index (χ2v) is 9.15. The number of anilines is 2. The lowest BCUT2D eigenvalue weighted by Gasteiger charge is -2.29. The molecular formula is C27H18Cl2N2O3. The molecule has 6 rings (SSSR count). The molecule has 5 nitrogen and oxygen atoms in total. The quantitative estimate of drug-likeness (QED) is 0.322. The second kappa shape index (κ2) is 8.13. The zero-order valence-electron chi connectivity index (χ0n) is 17.8. The molecule has 2 heterocycles. The van der Waals surface area contributed by atoms with Gasteiger partial charge in [0.15, 0.2) is 6.10 Å². The lowest BCUT2D eigenvalue weighted by Crippen LogP contribution is -2.37. The van der Waals surface area contributed by atoms with Crippen molar-refractivity contribution in [2.45, 2.75) is 12.1 Å². The van der Waals surface area contributed by atoms with Crippen LogP contribution in [-0.2, 0) is 14.4 Å². The van der Waals surface area contributed by atoms with Crippen LogP contribution in [0.3, 0.4) is 0 Å². The molecule has 2 aliphatic heterocycles. The maximum Gasteiger partial charge on any atom is 0.266 e. The Kier molecular flexibility index (Phi) is 5.06. The van der Waals surface area contributed by atoms with Crippen LogP contribution in [0.15, 0.2) is 91.0 Å². The third-order valence-electron chi connectivity index (χ3n) is 6.43. The van der Waals surface area contributed by atoms with Gasteiger partial charge in [-0.2, -0.15) is 0 Å². The Hall–Kier alpha value is -3.38. The van der Waals surface area contributed by atoms with E-state index in [1.54, 1.807) is 17.2 Å². The highest BCUT2D eigenvalue weighted by molar-refractivity contribution is 6.42. The predicted octanol–water partition coefficient (Wildman–Crippen LogP) is 6.20. The van der Waals surface area contributed by atoms with Gasteiger partial charge in [0.25, 0.3) is 5.91 Å². The number of carbonyl (C=O) groups is 2. The monoisotopic (exact) mass is 488 g/mol. The number of imide groups is 1. The standard InChI is InChI=1S/C27H18Cl2N2O3/c28-21-14-13-18(15-22(21)29)30-26(32)23-24(20-12-6-8-16-7-4-5-11-19(16)20)31(34-25(23)27(30)33)17-9-2-1-3-10-17/h1-15,23-25H/t23-,24-,25+/m0/s1. The highest BCUT2D eigenvalue weighted by atomic mass is 35.5. The summed E-state index contributed by atoms with van der Waals surface area (Å²) in [6.45, 7) is 0. The summed E-state index contributed by atoms with van der Waals surface area (Å²) in [7, 11) is 0. The number of nitrogens with zero attached hydrogens (tertiary/aromatic N) is 2. The second-order valence-electron chi connectivity index (χ2n) is 8.34. The number of hydrogen-bond donors (Lipinski definition) is 0. The van der Waals surface area contributed by atoms with Crippen LogP contribution in [-0.4, -0.2) is 17.9 Å². The van der Waals surface area contributed by atoms with Crippen LogP contribution in [0.4, 0.5) is 11.4 Å². The first-order valence-electron chi connectivity index (χ1n) is 10.9. The smallest absolute Gasteiger partial charge is 0.266 e. The summed E-state index contributed by atoms with van der Waals surface area (Å²) in [6, 6.07) is 27.7. The zero-order chi connectivity index (χ0) is 23.4.